The monoisotopic (exact) mass is 420 g/mol. The molecule has 2 aliphatic heterocycles. The summed E-state index contributed by atoms with van der Waals surface area (Å²) >= 11 is 0. The van der Waals surface area contributed by atoms with Crippen molar-refractivity contribution >= 4 is 22.7 Å². The van der Waals surface area contributed by atoms with Crippen molar-refractivity contribution in [2.75, 3.05) is 27.4 Å². The zero-order valence-corrected chi connectivity index (χ0v) is 17.4. The lowest BCUT2D eigenvalue weighted by molar-refractivity contribution is -0.142. The molecule has 2 aromatic carbocycles. The molecule has 0 aliphatic carbocycles. The number of H-pyrrole nitrogens is 1. The van der Waals surface area contributed by atoms with E-state index in [-0.39, 0.29) is 25.2 Å². The first kappa shape index (κ1) is 19.4. The van der Waals surface area contributed by atoms with E-state index in [4.69, 9.17) is 9.47 Å². The number of rotatable bonds is 4. The number of nitrogens with one attached hydrogen (secondary N) is 3. The molecule has 8 heteroatoms. The molecule has 8 nitrogen and oxygen atoms in total. The molecule has 31 heavy (non-hydrogen) atoms. The van der Waals surface area contributed by atoms with Crippen molar-refractivity contribution in [1.29, 1.82) is 0 Å². The van der Waals surface area contributed by atoms with Gasteiger partial charge in [0.15, 0.2) is 11.5 Å². The molecular weight excluding hydrogens is 396 g/mol. The number of likely N-dealkylation sites (N-methyl/N-ethyl adjacent to an activating group) is 2. The number of aromatic amines is 1. The Labute approximate surface area is 179 Å². The van der Waals surface area contributed by atoms with Gasteiger partial charge in [0.25, 0.3) is 0 Å². The molecule has 0 saturated heterocycles. The van der Waals surface area contributed by atoms with E-state index in [1.807, 2.05) is 42.5 Å². The maximum Gasteiger partial charge on any atom is 0.242 e. The van der Waals surface area contributed by atoms with Gasteiger partial charge in [0, 0.05) is 30.1 Å². The third kappa shape index (κ3) is 3.11. The lowest BCUT2D eigenvalue weighted by Gasteiger charge is -2.41. The predicted octanol–water partition coefficient (Wildman–Crippen LogP) is 1.70. The predicted molar refractivity (Wildman–Crippen MR) is 115 cm³/mol. The Balaban J connectivity index is 1.73. The van der Waals surface area contributed by atoms with Crippen LogP contribution in [0.25, 0.3) is 10.9 Å². The number of amides is 2. The molecule has 0 saturated carbocycles. The van der Waals surface area contributed by atoms with E-state index in [0.717, 1.165) is 27.7 Å². The number of hydrogen-bond acceptors (Lipinski definition) is 5. The largest absolute Gasteiger partial charge is 0.454 e. The minimum Gasteiger partial charge on any atom is -0.454 e. The van der Waals surface area contributed by atoms with Crippen LogP contribution < -0.4 is 20.1 Å². The van der Waals surface area contributed by atoms with Crippen molar-refractivity contribution in [3.63, 3.8) is 0 Å². The standard InChI is InChI=1S/C23H24N4O4/c1-24-11-20(28)27-17(23(29)25-2)10-15-14-5-3-4-6-16(14)26-21(15)22(27)13-7-8-18-19(9-13)31-12-30-18/h3-9,17,22,24,26H,10-12H2,1-2H3,(H,25,29)/t17-,22-/m1/s1. The molecule has 0 spiro atoms. The van der Waals surface area contributed by atoms with E-state index in [1.165, 1.54) is 0 Å². The molecule has 5 rings (SSSR count). The fourth-order valence-corrected chi connectivity index (χ4v) is 4.64. The normalized spacial score (nSPS) is 19.4. The van der Waals surface area contributed by atoms with Gasteiger partial charge in [-0.3, -0.25) is 9.59 Å². The Bertz CT molecular complexity index is 1170. The van der Waals surface area contributed by atoms with Gasteiger partial charge >= 0.3 is 0 Å². The summed E-state index contributed by atoms with van der Waals surface area (Å²) in [5.74, 6) is 0.972. The number of nitrogens with zero attached hydrogens (tertiary/aromatic N) is 1. The Morgan fingerprint density at radius 3 is 2.74 bits per heavy atom. The quantitative estimate of drug-likeness (QED) is 0.597. The zero-order valence-electron chi connectivity index (χ0n) is 17.4. The summed E-state index contributed by atoms with van der Waals surface area (Å²) in [5, 5.41) is 6.73. The first-order valence-electron chi connectivity index (χ1n) is 10.3. The number of benzene rings is 2. The molecule has 0 fully saturated rings. The number of carbonyl (C=O) groups excluding carboxylic acids is 2. The molecule has 2 aliphatic rings. The Morgan fingerprint density at radius 1 is 1.13 bits per heavy atom. The van der Waals surface area contributed by atoms with Gasteiger partial charge in [-0.2, -0.15) is 0 Å². The lowest BCUT2D eigenvalue weighted by atomic mass is 9.87. The van der Waals surface area contributed by atoms with E-state index in [9.17, 15) is 9.59 Å². The number of carbonyl (C=O) groups is 2. The van der Waals surface area contributed by atoms with Gasteiger partial charge in [0.1, 0.15) is 6.04 Å². The van der Waals surface area contributed by atoms with Gasteiger partial charge in [-0.1, -0.05) is 24.3 Å². The SMILES string of the molecule is CNCC(=O)N1[C@H](c2ccc3c(c2)OCO3)c2[nH]c3ccccc3c2C[C@@H]1C(=O)NC. The molecule has 1 aromatic heterocycles. The molecule has 0 bridgehead atoms. The Morgan fingerprint density at radius 2 is 1.94 bits per heavy atom. The van der Waals surface area contributed by atoms with Crippen LogP contribution in [-0.2, 0) is 16.0 Å². The van der Waals surface area contributed by atoms with Crippen molar-refractivity contribution < 1.29 is 19.1 Å². The van der Waals surface area contributed by atoms with E-state index >= 15 is 0 Å². The van der Waals surface area contributed by atoms with Crippen LogP contribution in [0.2, 0.25) is 0 Å². The molecule has 3 aromatic rings. The number of hydrogen-bond donors (Lipinski definition) is 3. The Hall–Kier alpha value is -3.52. The van der Waals surface area contributed by atoms with Gasteiger partial charge in [0.05, 0.1) is 12.6 Å². The molecular formula is C23H24N4O4. The van der Waals surface area contributed by atoms with Gasteiger partial charge in [-0.15, -0.1) is 0 Å². The van der Waals surface area contributed by atoms with Gasteiger partial charge < -0.3 is 30.0 Å². The van der Waals surface area contributed by atoms with Crippen LogP contribution in [0.4, 0.5) is 0 Å². The Kier molecular flexibility index (Phi) is 4.78. The topological polar surface area (TPSA) is 95.7 Å². The zero-order chi connectivity index (χ0) is 21.5. The van der Waals surface area contributed by atoms with Crippen LogP contribution in [0.3, 0.4) is 0 Å². The number of fused-ring (bicyclic) bond motifs is 4. The number of aromatic nitrogens is 1. The van der Waals surface area contributed by atoms with Crippen LogP contribution in [-0.4, -0.2) is 55.2 Å². The van der Waals surface area contributed by atoms with E-state index in [0.29, 0.717) is 17.9 Å². The average molecular weight is 420 g/mol. The second-order valence-corrected chi connectivity index (χ2v) is 7.74. The number of ether oxygens (including phenoxy) is 2. The van der Waals surface area contributed by atoms with Crippen LogP contribution in [0.5, 0.6) is 11.5 Å². The van der Waals surface area contributed by atoms with E-state index < -0.39 is 12.1 Å². The summed E-state index contributed by atoms with van der Waals surface area (Å²) in [7, 11) is 3.32. The number of para-hydroxylation sites is 1. The highest BCUT2D eigenvalue weighted by Gasteiger charge is 2.43. The average Bonchev–Trinajstić information content (AvgIpc) is 3.41. The van der Waals surface area contributed by atoms with Gasteiger partial charge in [0.2, 0.25) is 18.6 Å². The van der Waals surface area contributed by atoms with Crippen LogP contribution in [0.1, 0.15) is 22.9 Å². The third-order valence-electron chi connectivity index (χ3n) is 6.01. The molecule has 2 amide bonds. The van der Waals surface area contributed by atoms with Crippen molar-refractivity contribution in [1.82, 2.24) is 20.5 Å². The summed E-state index contributed by atoms with van der Waals surface area (Å²) in [6.45, 7) is 0.300. The summed E-state index contributed by atoms with van der Waals surface area (Å²) in [6, 6.07) is 12.6. The minimum atomic E-state index is -0.632. The highest BCUT2D eigenvalue weighted by Crippen LogP contribution is 2.43. The molecule has 2 atom stereocenters. The summed E-state index contributed by atoms with van der Waals surface area (Å²) < 4.78 is 11.1. The summed E-state index contributed by atoms with van der Waals surface area (Å²) in [5.41, 5.74) is 3.82. The first-order valence-corrected chi connectivity index (χ1v) is 10.3. The third-order valence-corrected chi connectivity index (χ3v) is 6.01. The van der Waals surface area contributed by atoms with E-state index in [2.05, 4.69) is 15.6 Å². The fraction of sp³-hybridized carbons (Fsp3) is 0.304. The van der Waals surface area contributed by atoms with Gasteiger partial charge in [-0.05, 0) is 36.4 Å². The first-order chi connectivity index (χ1) is 15.1. The summed E-state index contributed by atoms with van der Waals surface area (Å²) in [4.78, 5) is 31.4. The van der Waals surface area contributed by atoms with Crippen molar-refractivity contribution in [3.8, 4) is 11.5 Å². The maximum atomic E-state index is 13.3. The van der Waals surface area contributed by atoms with E-state index in [1.54, 1.807) is 19.0 Å². The van der Waals surface area contributed by atoms with Crippen molar-refractivity contribution in [3.05, 3.63) is 59.3 Å². The second kappa shape index (κ2) is 7.63. The van der Waals surface area contributed by atoms with Crippen molar-refractivity contribution in [2.24, 2.45) is 0 Å². The van der Waals surface area contributed by atoms with Crippen LogP contribution in [0.15, 0.2) is 42.5 Å². The second-order valence-electron chi connectivity index (χ2n) is 7.74. The highest BCUT2D eigenvalue weighted by molar-refractivity contribution is 5.93. The molecule has 0 unspecified atom stereocenters. The van der Waals surface area contributed by atoms with Crippen LogP contribution >= 0.6 is 0 Å². The highest BCUT2D eigenvalue weighted by atomic mass is 16.7. The smallest absolute Gasteiger partial charge is 0.242 e. The van der Waals surface area contributed by atoms with Crippen molar-refractivity contribution in [2.45, 2.75) is 18.5 Å². The fourth-order valence-electron chi connectivity index (χ4n) is 4.64. The minimum absolute atomic E-state index is 0.129. The van der Waals surface area contributed by atoms with Crippen LogP contribution in [0, 0.1) is 0 Å². The molecule has 0 radical (unpaired) electrons. The summed E-state index contributed by atoms with van der Waals surface area (Å²) in [6.07, 6.45) is 0.440. The molecule has 160 valence electrons. The van der Waals surface area contributed by atoms with Gasteiger partial charge in [-0.25, -0.2) is 0 Å². The maximum absolute atomic E-state index is 13.3. The molecule has 3 N–H and O–H groups in total. The molecule has 3 heterocycles. The lowest BCUT2D eigenvalue weighted by Crippen LogP contribution is -2.55.